The molecule has 10 heteroatoms. The first-order valence-corrected chi connectivity index (χ1v) is 13.5. The van der Waals surface area contributed by atoms with Crippen LogP contribution >= 0.6 is 0 Å². The van der Waals surface area contributed by atoms with Crippen LogP contribution in [0, 0.1) is 11.8 Å². The highest BCUT2D eigenvalue weighted by atomic mass is 16.2. The van der Waals surface area contributed by atoms with Gasteiger partial charge in [-0.05, 0) is 59.7 Å². The predicted octanol–water partition coefficient (Wildman–Crippen LogP) is 2.57. The monoisotopic (exact) mass is 519 g/mol. The number of amides is 3. The summed E-state index contributed by atoms with van der Waals surface area (Å²) in [6.45, 7) is 11.0. The van der Waals surface area contributed by atoms with Gasteiger partial charge in [-0.3, -0.25) is 14.4 Å². The van der Waals surface area contributed by atoms with Crippen molar-refractivity contribution in [1.82, 2.24) is 29.9 Å². The molecule has 0 aliphatic carbocycles. The van der Waals surface area contributed by atoms with Crippen molar-refractivity contribution in [2.75, 3.05) is 39.8 Å². The lowest BCUT2D eigenvalue weighted by Gasteiger charge is -2.40. The lowest BCUT2D eigenvalue weighted by molar-refractivity contribution is -0.141. The van der Waals surface area contributed by atoms with Crippen molar-refractivity contribution in [1.29, 1.82) is 0 Å². The number of nitrogens with one attached hydrogen (secondary N) is 1. The molecule has 0 saturated carbocycles. The number of likely N-dealkylation sites (tertiary alicyclic amines) is 2. The minimum Gasteiger partial charge on any atom is -0.351 e. The number of hydrogen-bond donors (Lipinski definition) is 1. The van der Waals surface area contributed by atoms with Gasteiger partial charge in [0.2, 0.25) is 5.91 Å². The molecule has 0 bridgehead atoms. The summed E-state index contributed by atoms with van der Waals surface area (Å²) in [7, 11) is 2.03. The molecule has 0 radical (unpaired) electrons. The summed E-state index contributed by atoms with van der Waals surface area (Å²) in [4.78, 5) is 51.9. The molecular formula is C28H37N7O3. The first-order valence-electron chi connectivity index (χ1n) is 13.5. The van der Waals surface area contributed by atoms with E-state index < -0.39 is 5.92 Å². The smallest absolute Gasteiger partial charge is 0.254 e. The molecule has 2 saturated heterocycles. The van der Waals surface area contributed by atoms with Crippen molar-refractivity contribution in [2.45, 2.75) is 52.5 Å². The third-order valence-corrected chi connectivity index (χ3v) is 8.00. The molecule has 1 unspecified atom stereocenters. The summed E-state index contributed by atoms with van der Waals surface area (Å²) in [5.74, 6) is -0.427. The average molecular weight is 520 g/mol. The molecule has 3 aliphatic heterocycles. The summed E-state index contributed by atoms with van der Waals surface area (Å²) in [6.07, 6.45) is 5.19. The first-order chi connectivity index (χ1) is 18.1. The van der Waals surface area contributed by atoms with E-state index in [1.54, 1.807) is 13.1 Å². The van der Waals surface area contributed by atoms with Gasteiger partial charge in [-0.25, -0.2) is 14.7 Å². The Morgan fingerprint density at radius 2 is 1.87 bits per heavy atom. The van der Waals surface area contributed by atoms with Crippen LogP contribution in [0.3, 0.4) is 0 Å². The zero-order chi connectivity index (χ0) is 27.1. The van der Waals surface area contributed by atoms with E-state index in [0.717, 1.165) is 37.2 Å². The molecule has 3 aliphatic rings. The number of dihydropyridines is 1. The second-order valence-electron chi connectivity index (χ2n) is 11.3. The molecule has 0 aromatic carbocycles. The zero-order valence-electron chi connectivity index (χ0n) is 22.9. The predicted molar refractivity (Wildman–Crippen MR) is 145 cm³/mol. The average Bonchev–Trinajstić information content (AvgIpc) is 3.29. The van der Waals surface area contributed by atoms with Crippen LogP contribution < -0.4 is 5.32 Å². The third-order valence-electron chi connectivity index (χ3n) is 8.00. The quantitative estimate of drug-likeness (QED) is 0.628. The summed E-state index contributed by atoms with van der Waals surface area (Å²) in [5, 5.41) is 8.18. The minimum absolute atomic E-state index is 0.0833. The van der Waals surface area contributed by atoms with Gasteiger partial charge in [0.05, 0.1) is 29.0 Å². The topological polar surface area (TPSA) is 113 Å². The van der Waals surface area contributed by atoms with E-state index >= 15 is 0 Å². The Bertz CT molecular complexity index is 1330. The molecule has 2 aromatic heterocycles. The molecule has 2 aromatic rings. The minimum atomic E-state index is -0.463. The van der Waals surface area contributed by atoms with Crippen molar-refractivity contribution < 1.29 is 14.4 Å². The lowest BCUT2D eigenvalue weighted by Crippen LogP contribution is -2.53. The number of piperidine rings is 1. The second-order valence-corrected chi connectivity index (χ2v) is 11.3. The van der Waals surface area contributed by atoms with Gasteiger partial charge >= 0.3 is 0 Å². The van der Waals surface area contributed by atoms with E-state index in [0.29, 0.717) is 35.4 Å². The maximum absolute atomic E-state index is 13.5. The summed E-state index contributed by atoms with van der Waals surface area (Å²) in [6, 6.07) is 1.96. The van der Waals surface area contributed by atoms with Crippen molar-refractivity contribution >= 4 is 34.5 Å². The van der Waals surface area contributed by atoms with Crippen LogP contribution in [-0.4, -0.2) is 87.8 Å². The Morgan fingerprint density at radius 3 is 2.50 bits per heavy atom. The number of aromatic nitrogens is 3. The largest absolute Gasteiger partial charge is 0.351 e. The second kappa shape index (κ2) is 10.4. The van der Waals surface area contributed by atoms with Gasteiger partial charge in [-0.15, -0.1) is 0 Å². The van der Waals surface area contributed by atoms with Crippen LogP contribution in [0.25, 0.3) is 11.0 Å². The molecule has 2 fully saturated rings. The fourth-order valence-electron chi connectivity index (χ4n) is 5.77. The fraction of sp³-hybridized carbons (Fsp3) is 0.571. The Balaban J connectivity index is 1.35. The SMILES string of the molecule is CC1=CC(C)=NC(=O)C1CNC(=O)c1cc(C2CCN(C(=O)C3CN(C)C3)CC2)nc2c1cnn2C(C)C. The van der Waals surface area contributed by atoms with Crippen LogP contribution in [-0.2, 0) is 9.59 Å². The first kappa shape index (κ1) is 26.2. The fourth-order valence-corrected chi connectivity index (χ4v) is 5.77. The molecule has 10 nitrogen and oxygen atoms in total. The zero-order valence-corrected chi connectivity index (χ0v) is 22.9. The van der Waals surface area contributed by atoms with Crippen molar-refractivity contribution in [3.8, 4) is 0 Å². The van der Waals surface area contributed by atoms with Gasteiger partial charge in [-0.2, -0.15) is 5.10 Å². The van der Waals surface area contributed by atoms with E-state index in [1.165, 1.54) is 0 Å². The molecule has 1 N–H and O–H groups in total. The van der Waals surface area contributed by atoms with Gasteiger partial charge in [-0.1, -0.05) is 5.57 Å². The number of pyridine rings is 1. The molecule has 0 spiro atoms. The van der Waals surface area contributed by atoms with Gasteiger partial charge in [0, 0.05) is 56.1 Å². The third kappa shape index (κ3) is 5.01. The molecule has 202 valence electrons. The Hall–Kier alpha value is -3.40. The summed E-state index contributed by atoms with van der Waals surface area (Å²) >= 11 is 0. The van der Waals surface area contributed by atoms with Crippen LogP contribution in [0.1, 0.15) is 68.5 Å². The van der Waals surface area contributed by atoms with Crippen LogP contribution in [0.4, 0.5) is 0 Å². The summed E-state index contributed by atoms with van der Waals surface area (Å²) in [5.41, 5.74) is 3.63. The van der Waals surface area contributed by atoms with E-state index in [2.05, 4.69) is 20.3 Å². The van der Waals surface area contributed by atoms with E-state index in [9.17, 15) is 14.4 Å². The van der Waals surface area contributed by atoms with E-state index in [4.69, 9.17) is 4.98 Å². The molecule has 1 atom stereocenters. The Morgan fingerprint density at radius 1 is 1.16 bits per heavy atom. The van der Waals surface area contributed by atoms with Crippen molar-refractivity contribution in [3.63, 3.8) is 0 Å². The number of aliphatic imine (C=N–C) groups is 1. The molecule has 3 amide bonds. The summed E-state index contributed by atoms with van der Waals surface area (Å²) < 4.78 is 1.84. The lowest BCUT2D eigenvalue weighted by atomic mass is 9.90. The molecular weight excluding hydrogens is 482 g/mol. The number of carbonyl (C=O) groups excluding carboxylic acids is 3. The number of fused-ring (bicyclic) bond motifs is 1. The number of nitrogens with zero attached hydrogens (tertiary/aromatic N) is 6. The van der Waals surface area contributed by atoms with Crippen molar-refractivity contribution in [2.24, 2.45) is 16.8 Å². The normalized spacial score (nSPS) is 21.5. The number of hydrogen-bond acceptors (Lipinski definition) is 6. The Kier molecular flexibility index (Phi) is 7.17. The maximum Gasteiger partial charge on any atom is 0.254 e. The highest BCUT2D eigenvalue weighted by Crippen LogP contribution is 2.32. The van der Waals surface area contributed by atoms with Gasteiger partial charge in [0.25, 0.3) is 11.8 Å². The number of rotatable bonds is 6. The van der Waals surface area contributed by atoms with Crippen LogP contribution in [0.15, 0.2) is 28.9 Å². The van der Waals surface area contributed by atoms with Gasteiger partial charge in [0.15, 0.2) is 5.65 Å². The van der Waals surface area contributed by atoms with E-state index in [-0.39, 0.29) is 42.1 Å². The standard InChI is InChI=1S/C28H37N7O3/c1-16(2)35-25-23(13-30-35)21(26(36)29-12-22-17(3)10-18(4)31-27(22)37)11-24(32-25)19-6-8-34(9-7-19)28(38)20-14-33(5)15-20/h10-11,13,16,19-20,22H,6-9,12,14-15H2,1-5H3,(H,29,36). The number of allylic oxidation sites excluding steroid dienone is 1. The molecule has 5 rings (SSSR count). The highest BCUT2D eigenvalue weighted by molar-refractivity contribution is 6.07. The van der Waals surface area contributed by atoms with Gasteiger partial charge < -0.3 is 15.1 Å². The van der Waals surface area contributed by atoms with Crippen LogP contribution in [0.2, 0.25) is 0 Å². The maximum atomic E-state index is 13.5. The highest BCUT2D eigenvalue weighted by Gasteiger charge is 2.35. The Labute approximate surface area is 223 Å². The molecule has 38 heavy (non-hydrogen) atoms. The number of carbonyl (C=O) groups is 3. The van der Waals surface area contributed by atoms with Crippen LogP contribution in [0.5, 0.6) is 0 Å². The van der Waals surface area contributed by atoms with Crippen molar-refractivity contribution in [3.05, 3.63) is 35.2 Å². The van der Waals surface area contributed by atoms with Gasteiger partial charge in [0.1, 0.15) is 0 Å². The molecule has 5 heterocycles. The van der Waals surface area contributed by atoms with E-state index in [1.807, 2.05) is 49.5 Å².